The minimum atomic E-state index is 0. The number of nitrogens with zero attached hydrogens (tertiary/aromatic N) is 3. The number of nitrogens with one attached hydrogen (secondary N) is 2. The van der Waals surface area contributed by atoms with Crippen LogP contribution in [0, 0.1) is 6.92 Å². The van der Waals surface area contributed by atoms with E-state index < -0.39 is 0 Å². The quantitative estimate of drug-likeness (QED) is 0.718. The number of aryl methyl sites for hydroxylation is 1. The fraction of sp³-hybridized carbons (Fsp3) is 0.588. The van der Waals surface area contributed by atoms with Gasteiger partial charge in [0, 0.05) is 43.0 Å². The first-order valence-corrected chi connectivity index (χ1v) is 9.46. The van der Waals surface area contributed by atoms with Gasteiger partial charge in [-0.2, -0.15) is 0 Å². The van der Waals surface area contributed by atoms with Gasteiger partial charge in [0.05, 0.1) is 16.9 Å². The summed E-state index contributed by atoms with van der Waals surface area (Å²) in [7, 11) is 0. The predicted octanol–water partition coefficient (Wildman–Crippen LogP) is 2.96. The first-order valence-electron chi connectivity index (χ1n) is 8.58. The van der Waals surface area contributed by atoms with Crippen LogP contribution in [0.25, 0.3) is 0 Å². The van der Waals surface area contributed by atoms with Crippen molar-refractivity contribution >= 4 is 42.0 Å². The van der Waals surface area contributed by atoms with Gasteiger partial charge in [0.1, 0.15) is 12.4 Å². The Bertz CT molecular complexity index is 683. The molecule has 9 heteroatoms. The number of rotatable bonds is 7. The number of hydrogen-bond donors (Lipinski definition) is 2. The van der Waals surface area contributed by atoms with Crippen LogP contribution in [-0.4, -0.2) is 41.2 Å². The lowest BCUT2D eigenvalue weighted by molar-refractivity contribution is 0.128. The molecule has 0 saturated carbocycles. The molecule has 6 nitrogen and oxygen atoms in total. The normalized spacial score (nSPS) is 13.2. The van der Waals surface area contributed by atoms with Crippen molar-refractivity contribution in [3.63, 3.8) is 0 Å². The molecule has 1 aliphatic rings. The zero-order valence-electron chi connectivity index (χ0n) is 15.2. The van der Waals surface area contributed by atoms with Crippen molar-refractivity contribution in [3.8, 4) is 0 Å². The first kappa shape index (κ1) is 23.0. The van der Waals surface area contributed by atoms with Crippen molar-refractivity contribution in [1.29, 1.82) is 0 Å². The van der Waals surface area contributed by atoms with Crippen LogP contribution in [-0.2, 0) is 30.6 Å². The molecular formula is C17H27Cl2N5OS. The summed E-state index contributed by atoms with van der Waals surface area (Å²) >= 11 is 1.72. The largest absolute Gasteiger partial charge is 0.374 e. The number of fused-ring (bicyclic) bond motifs is 1. The average molecular weight is 420 g/mol. The summed E-state index contributed by atoms with van der Waals surface area (Å²) in [5, 5.41) is 6.96. The van der Waals surface area contributed by atoms with Crippen molar-refractivity contribution in [1.82, 2.24) is 20.3 Å². The highest BCUT2D eigenvalue weighted by Crippen LogP contribution is 2.21. The Labute approximate surface area is 171 Å². The molecule has 0 radical (unpaired) electrons. The summed E-state index contributed by atoms with van der Waals surface area (Å²) in [4.78, 5) is 15.1. The second-order valence-corrected chi connectivity index (χ2v) is 6.78. The molecule has 2 aromatic heterocycles. The maximum absolute atomic E-state index is 5.50. The molecule has 26 heavy (non-hydrogen) atoms. The van der Waals surface area contributed by atoms with Crippen LogP contribution in [0.5, 0.6) is 0 Å². The molecule has 3 heterocycles. The van der Waals surface area contributed by atoms with Crippen molar-refractivity contribution in [3.05, 3.63) is 33.2 Å². The van der Waals surface area contributed by atoms with E-state index in [-0.39, 0.29) is 24.8 Å². The molecule has 0 amide bonds. The Kier molecular flexibility index (Phi) is 10.3. The van der Waals surface area contributed by atoms with E-state index in [2.05, 4.69) is 22.5 Å². The third-order valence-corrected chi connectivity index (χ3v) is 5.15. The van der Waals surface area contributed by atoms with Crippen LogP contribution < -0.4 is 10.6 Å². The van der Waals surface area contributed by atoms with Gasteiger partial charge in [0.2, 0.25) is 0 Å². The SMILES string of the molecule is CCOCc1nc2c(c(NCCc3scnc3C)n1)CCNCC2.Cl.Cl. The molecule has 0 saturated heterocycles. The zero-order chi connectivity index (χ0) is 16.8. The van der Waals surface area contributed by atoms with E-state index >= 15 is 0 Å². The Morgan fingerprint density at radius 3 is 2.77 bits per heavy atom. The first-order chi connectivity index (χ1) is 11.8. The third-order valence-electron chi connectivity index (χ3n) is 4.15. The molecule has 0 fully saturated rings. The number of ether oxygens (including phenoxy) is 1. The van der Waals surface area contributed by atoms with Gasteiger partial charge in [-0.05, 0) is 26.8 Å². The fourth-order valence-corrected chi connectivity index (χ4v) is 3.64. The number of halogens is 2. The van der Waals surface area contributed by atoms with Crippen molar-refractivity contribution < 1.29 is 4.74 Å². The van der Waals surface area contributed by atoms with Gasteiger partial charge in [-0.3, -0.25) is 0 Å². The standard InChI is InChI=1S/C17H25N5OS.2ClH/c1-3-23-10-16-21-14-5-8-18-7-4-13(14)17(22-16)19-9-6-15-12(2)20-11-24-15;;/h11,18H,3-10H2,1-2H3,(H,19,21,22);2*1H. The molecule has 3 rings (SSSR count). The number of hydrogen-bond acceptors (Lipinski definition) is 7. The van der Waals surface area contributed by atoms with Gasteiger partial charge in [0.25, 0.3) is 0 Å². The Balaban J connectivity index is 0.00000169. The molecule has 1 aliphatic heterocycles. The van der Waals surface area contributed by atoms with E-state index in [0.29, 0.717) is 13.2 Å². The second-order valence-electron chi connectivity index (χ2n) is 5.84. The molecule has 0 bridgehead atoms. The molecule has 0 spiro atoms. The van der Waals surface area contributed by atoms with Crippen LogP contribution in [0.3, 0.4) is 0 Å². The number of anilines is 1. The third kappa shape index (κ3) is 6.03. The lowest BCUT2D eigenvalue weighted by Gasteiger charge is -2.14. The smallest absolute Gasteiger partial charge is 0.156 e. The molecule has 2 aromatic rings. The van der Waals surface area contributed by atoms with Gasteiger partial charge in [-0.15, -0.1) is 36.2 Å². The van der Waals surface area contributed by atoms with Gasteiger partial charge in [-0.1, -0.05) is 0 Å². The molecule has 0 atom stereocenters. The predicted molar refractivity (Wildman–Crippen MR) is 111 cm³/mol. The van der Waals surface area contributed by atoms with Crippen LogP contribution in [0.2, 0.25) is 0 Å². The van der Waals surface area contributed by atoms with Crippen molar-refractivity contribution in [2.45, 2.75) is 39.7 Å². The van der Waals surface area contributed by atoms with E-state index in [9.17, 15) is 0 Å². The van der Waals surface area contributed by atoms with E-state index in [1.165, 1.54) is 10.4 Å². The highest BCUT2D eigenvalue weighted by atomic mass is 35.5. The Morgan fingerprint density at radius 2 is 2.04 bits per heavy atom. The molecule has 0 aromatic carbocycles. The van der Waals surface area contributed by atoms with Crippen LogP contribution in [0.15, 0.2) is 5.51 Å². The molecule has 0 aliphatic carbocycles. The monoisotopic (exact) mass is 419 g/mol. The lowest BCUT2D eigenvalue weighted by atomic mass is 10.1. The maximum Gasteiger partial charge on any atom is 0.156 e. The molecular weight excluding hydrogens is 393 g/mol. The van der Waals surface area contributed by atoms with E-state index in [1.54, 1.807) is 11.3 Å². The molecule has 2 N–H and O–H groups in total. The number of thiazole rings is 1. The minimum absolute atomic E-state index is 0. The highest BCUT2D eigenvalue weighted by molar-refractivity contribution is 7.09. The fourth-order valence-electron chi connectivity index (χ4n) is 2.86. The van der Waals surface area contributed by atoms with Gasteiger partial charge in [-0.25, -0.2) is 15.0 Å². The average Bonchev–Trinajstić information content (AvgIpc) is 2.84. The van der Waals surface area contributed by atoms with Crippen LogP contribution >= 0.6 is 36.2 Å². The van der Waals surface area contributed by atoms with Crippen molar-refractivity contribution in [2.24, 2.45) is 0 Å². The van der Waals surface area contributed by atoms with Crippen LogP contribution in [0.1, 0.15) is 34.6 Å². The van der Waals surface area contributed by atoms with Gasteiger partial charge < -0.3 is 15.4 Å². The van der Waals surface area contributed by atoms with E-state index in [1.807, 2.05) is 12.4 Å². The maximum atomic E-state index is 5.50. The van der Waals surface area contributed by atoms with Gasteiger partial charge >= 0.3 is 0 Å². The summed E-state index contributed by atoms with van der Waals surface area (Å²) in [5.74, 6) is 1.74. The summed E-state index contributed by atoms with van der Waals surface area (Å²) in [5.41, 5.74) is 5.44. The molecule has 146 valence electrons. The Hall–Kier alpha value is -0.990. The second kappa shape index (κ2) is 11.7. The highest BCUT2D eigenvalue weighted by Gasteiger charge is 2.16. The van der Waals surface area contributed by atoms with E-state index in [0.717, 1.165) is 61.9 Å². The van der Waals surface area contributed by atoms with Crippen molar-refractivity contribution in [2.75, 3.05) is 31.6 Å². The summed E-state index contributed by atoms with van der Waals surface area (Å²) < 4.78 is 5.50. The van der Waals surface area contributed by atoms with Crippen LogP contribution in [0.4, 0.5) is 5.82 Å². The number of aromatic nitrogens is 3. The summed E-state index contributed by atoms with van der Waals surface area (Å²) in [6, 6.07) is 0. The zero-order valence-corrected chi connectivity index (χ0v) is 17.7. The van der Waals surface area contributed by atoms with E-state index in [4.69, 9.17) is 14.7 Å². The summed E-state index contributed by atoms with van der Waals surface area (Å²) in [6.45, 7) is 8.00. The topological polar surface area (TPSA) is 72.0 Å². The Morgan fingerprint density at radius 1 is 1.23 bits per heavy atom. The minimum Gasteiger partial charge on any atom is -0.374 e. The van der Waals surface area contributed by atoms with Gasteiger partial charge in [0.15, 0.2) is 5.82 Å². The lowest BCUT2D eigenvalue weighted by Crippen LogP contribution is -2.16. The molecule has 0 unspecified atom stereocenters. The summed E-state index contributed by atoms with van der Waals surface area (Å²) in [6.07, 6.45) is 2.88.